The Balaban J connectivity index is 1.85. The van der Waals surface area contributed by atoms with E-state index in [0.717, 1.165) is 0 Å². The lowest BCUT2D eigenvalue weighted by atomic mass is 10.1. The smallest absolute Gasteiger partial charge is 0.254 e. The topological polar surface area (TPSA) is 91.3 Å². The normalized spacial score (nSPS) is 21.3. The fourth-order valence-corrected chi connectivity index (χ4v) is 2.68. The largest absolute Gasteiger partial charge is 0.388 e. The van der Waals surface area contributed by atoms with Crippen LogP contribution >= 0.6 is 0 Å². The molecule has 0 bridgehead atoms. The number of aliphatic hydroxyl groups is 1. The molecule has 1 amide bonds. The molecule has 1 fully saturated rings. The molecule has 2 aromatic rings. The second-order valence-corrected chi connectivity index (χ2v) is 5.15. The first-order valence-electron chi connectivity index (χ1n) is 7.24. The predicted molar refractivity (Wildman–Crippen MR) is 79.1 cm³/mol. The highest BCUT2D eigenvalue weighted by molar-refractivity contribution is 6.00. The molecule has 7 nitrogen and oxygen atoms in total. The van der Waals surface area contributed by atoms with Gasteiger partial charge in [0.25, 0.3) is 5.91 Å². The first-order chi connectivity index (χ1) is 10.7. The summed E-state index contributed by atoms with van der Waals surface area (Å²) in [7, 11) is 0. The zero-order chi connectivity index (χ0) is 15.5. The number of hydrogen-bond acceptors (Lipinski definition) is 5. The zero-order valence-corrected chi connectivity index (χ0v) is 12.3. The number of hydrogen-bond donors (Lipinski definition) is 2. The van der Waals surface area contributed by atoms with Crippen LogP contribution in [0.4, 0.5) is 0 Å². The van der Waals surface area contributed by atoms with E-state index in [9.17, 15) is 9.90 Å². The van der Waals surface area contributed by atoms with Crippen LogP contribution in [0.2, 0.25) is 0 Å². The highest BCUT2D eigenvalue weighted by Crippen LogP contribution is 2.23. The molecular formula is C15H18N4O3. The summed E-state index contributed by atoms with van der Waals surface area (Å²) < 4.78 is 5.46. The Morgan fingerprint density at radius 3 is 3.00 bits per heavy atom. The van der Waals surface area contributed by atoms with Crippen molar-refractivity contribution in [3.8, 4) is 11.4 Å². The number of ether oxygens (including phenoxy) is 1. The molecule has 3 rings (SSSR count). The first-order valence-corrected chi connectivity index (χ1v) is 7.24. The van der Waals surface area contributed by atoms with Crippen LogP contribution in [-0.2, 0) is 4.74 Å². The van der Waals surface area contributed by atoms with Crippen LogP contribution in [0.3, 0.4) is 0 Å². The van der Waals surface area contributed by atoms with Crippen molar-refractivity contribution in [3.63, 3.8) is 0 Å². The summed E-state index contributed by atoms with van der Waals surface area (Å²) in [4.78, 5) is 18.5. The summed E-state index contributed by atoms with van der Waals surface area (Å²) in [5, 5.41) is 16.6. The van der Waals surface area contributed by atoms with Crippen LogP contribution < -0.4 is 0 Å². The van der Waals surface area contributed by atoms with E-state index in [-0.39, 0.29) is 18.6 Å². The number of β-amino-alcohol motifs (C(OH)–C–C–N with tert-alkyl or cyclic N) is 1. The summed E-state index contributed by atoms with van der Waals surface area (Å²) in [5.41, 5.74) is 1.22. The number of aromatic amines is 1. The monoisotopic (exact) mass is 302 g/mol. The van der Waals surface area contributed by atoms with Crippen LogP contribution in [0.5, 0.6) is 0 Å². The summed E-state index contributed by atoms with van der Waals surface area (Å²) in [6.07, 6.45) is 0.425. The summed E-state index contributed by atoms with van der Waals surface area (Å²) in [5.74, 6) is 0.401. The lowest BCUT2D eigenvalue weighted by Gasteiger charge is -2.17. The Hall–Kier alpha value is -2.25. The van der Waals surface area contributed by atoms with Gasteiger partial charge in [-0.3, -0.25) is 9.89 Å². The number of nitrogens with zero attached hydrogens (tertiary/aromatic N) is 3. The maximum absolute atomic E-state index is 12.8. The van der Waals surface area contributed by atoms with E-state index in [1.807, 2.05) is 19.1 Å². The lowest BCUT2D eigenvalue weighted by molar-refractivity contribution is -0.00237. The van der Waals surface area contributed by atoms with Gasteiger partial charge in [0.2, 0.25) is 0 Å². The third-order valence-corrected chi connectivity index (χ3v) is 3.73. The van der Waals surface area contributed by atoms with Crippen molar-refractivity contribution in [2.75, 3.05) is 19.7 Å². The van der Waals surface area contributed by atoms with Gasteiger partial charge >= 0.3 is 0 Å². The van der Waals surface area contributed by atoms with Gasteiger partial charge in [0, 0.05) is 25.3 Å². The third kappa shape index (κ3) is 2.72. The minimum absolute atomic E-state index is 0.145. The molecule has 1 aliphatic rings. The molecule has 1 aromatic heterocycles. The van der Waals surface area contributed by atoms with Gasteiger partial charge in [0.15, 0.2) is 5.82 Å². The Labute approximate surface area is 127 Å². The highest BCUT2D eigenvalue weighted by atomic mass is 16.5. The molecule has 0 aliphatic carbocycles. The molecule has 0 spiro atoms. The van der Waals surface area contributed by atoms with Crippen LogP contribution in [-0.4, -0.2) is 63.0 Å². The average molecular weight is 302 g/mol. The van der Waals surface area contributed by atoms with Crippen LogP contribution in [0.1, 0.15) is 17.3 Å². The minimum atomic E-state index is -0.652. The number of aliphatic hydroxyl groups excluding tert-OH is 1. The van der Waals surface area contributed by atoms with Gasteiger partial charge in [-0.05, 0) is 13.0 Å². The number of rotatable bonds is 4. The first kappa shape index (κ1) is 14.7. The third-order valence-electron chi connectivity index (χ3n) is 3.73. The fraction of sp³-hybridized carbons (Fsp3) is 0.400. The lowest BCUT2D eigenvalue weighted by Crippen LogP contribution is -2.30. The Kier molecular flexibility index (Phi) is 4.17. The Morgan fingerprint density at radius 1 is 1.45 bits per heavy atom. The Morgan fingerprint density at radius 2 is 2.27 bits per heavy atom. The summed E-state index contributed by atoms with van der Waals surface area (Å²) in [6, 6.07) is 7.22. The molecule has 116 valence electrons. The van der Waals surface area contributed by atoms with Crippen LogP contribution in [0, 0.1) is 0 Å². The van der Waals surface area contributed by atoms with Crippen molar-refractivity contribution in [1.82, 2.24) is 20.1 Å². The second kappa shape index (κ2) is 6.25. The fourth-order valence-electron chi connectivity index (χ4n) is 2.68. The van der Waals surface area contributed by atoms with E-state index in [2.05, 4.69) is 15.2 Å². The number of carbonyl (C=O) groups is 1. The Bertz CT molecular complexity index is 644. The molecule has 1 saturated heterocycles. The molecule has 0 saturated carbocycles. The molecular weight excluding hydrogens is 284 g/mol. The van der Waals surface area contributed by atoms with Crippen molar-refractivity contribution in [3.05, 3.63) is 36.2 Å². The van der Waals surface area contributed by atoms with Crippen molar-refractivity contribution in [1.29, 1.82) is 0 Å². The molecule has 0 unspecified atom stereocenters. The van der Waals surface area contributed by atoms with Crippen molar-refractivity contribution >= 4 is 5.91 Å². The van der Waals surface area contributed by atoms with Gasteiger partial charge in [-0.1, -0.05) is 18.2 Å². The van der Waals surface area contributed by atoms with E-state index in [4.69, 9.17) is 4.74 Å². The predicted octanol–water partition coefficient (Wildman–Crippen LogP) is 0.693. The molecule has 0 radical (unpaired) electrons. The van der Waals surface area contributed by atoms with Crippen molar-refractivity contribution in [2.24, 2.45) is 0 Å². The molecule has 2 heterocycles. The molecule has 7 heteroatoms. The van der Waals surface area contributed by atoms with Crippen LogP contribution in [0.15, 0.2) is 30.6 Å². The van der Waals surface area contributed by atoms with Crippen LogP contribution in [0.25, 0.3) is 11.4 Å². The highest BCUT2D eigenvalue weighted by Gasteiger charge is 2.35. The summed E-state index contributed by atoms with van der Waals surface area (Å²) in [6.45, 7) is 3.04. The molecule has 1 aromatic carbocycles. The maximum Gasteiger partial charge on any atom is 0.254 e. The molecule has 22 heavy (non-hydrogen) atoms. The molecule has 2 atom stereocenters. The quantitative estimate of drug-likeness (QED) is 0.867. The zero-order valence-electron chi connectivity index (χ0n) is 12.3. The maximum atomic E-state index is 12.8. The van der Waals surface area contributed by atoms with Gasteiger partial charge in [0.1, 0.15) is 12.4 Å². The second-order valence-electron chi connectivity index (χ2n) is 5.15. The SMILES string of the molecule is CCO[C@@H]1CN(C(=O)c2ccccc2-c2ncn[nH]2)C[C@H]1O. The van der Waals surface area contributed by atoms with Gasteiger partial charge in [0.05, 0.1) is 11.7 Å². The number of likely N-dealkylation sites (tertiary alicyclic amines) is 1. The number of carbonyl (C=O) groups excluding carboxylic acids is 1. The molecule has 2 N–H and O–H groups in total. The van der Waals surface area contributed by atoms with E-state index in [0.29, 0.717) is 30.1 Å². The molecule has 1 aliphatic heterocycles. The minimum Gasteiger partial charge on any atom is -0.388 e. The average Bonchev–Trinajstić information content (AvgIpc) is 3.18. The van der Waals surface area contributed by atoms with Gasteiger partial charge in [-0.15, -0.1) is 0 Å². The van der Waals surface area contributed by atoms with Gasteiger partial charge < -0.3 is 14.7 Å². The number of nitrogens with one attached hydrogen (secondary N) is 1. The van der Waals surface area contributed by atoms with Gasteiger partial charge in [-0.25, -0.2) is 4.98 Å². The van der Waals surface area contributed by atoms with E-state index in [1.54, 1.807) is 17.0 Å². The van der Waals surface area contributed by atoms with Crippen molar-refractivity contribution < 1.29 is 14.6 Å². The van der Waals surface area contributed by atoms with E-state index >= 15 is 0 Å². The van der Waals surface area contributed by atoms with Crippen molar-refractivity contribution in [2.45, 2.75) is 19.1 Å². The number of amides is 1. The number of aromatic nitrogens is 3. The number of benzene rings is 1. The number of H-pyrrole nitrogens is 1. The van der Waals surface area contributed by atoms with E-state index < -0.39 is 6.10 Å². The van der Waals surface area contributed by atoms with Gasteiger partial charge in [-0.2, -0.15) is 5.10 Å². The van der Waals surface area contributed by atoms with E-state index in [1.165, 1.54) is 6.33 Å². The summed E-state index contributed by atoms with van der Waals surface area (Å²) >= 11 is 0. The standard InChI is InChI=1S/C15H18N4O3/c1-2-22-13-8-19(7-12(13)20)15(21)11-6-4-3-5-10(11)14-16-9-17-18-14/h3-6,9,12-13,20H,2,7-8H2,1H3,(H,16,17,18)/t12-,13-/m1/s1.